The summed E-state index contributed by atoms with van der Waals surface area (Å²) < 4.78 is 2.36. The smallest absolute Gasteiger partial charge is 0.153 e. The van der Waals surface area contributed by atoms with Gasteiger partial charge in [-0.1, -0.05) is 0 Å². The second-order valence-electron chi connectivity index (χ2n) is 7.86. The van der Waals surface area contributed by atoms with Gasteiger partial charge in [-0.25, -0.2) is 9.97 Å². The van der Waals surface area contributed by atoms with E-state index in [0.29, 0.717) is 5.92 Å². The van der Waals surface area contributed by atoms with Gasteiger partial charge in [0.15, 0.2) is 5.82 Å². The fraction of sp³-hybridized carbons (Fsp3) is 0.500. The van der Waals surface area contributed by atoms with Crippen LogP contribution in [0.15, 0.2) is 12.3 Å². The van der Waals surface area contributed by atoms with Gasteiger partial charge in [0.1, 0.15) is 5.82 Å². The first-order chi connectivity index (χ1) is 12.3. The molecule has 1 fully saturated rings. The molecule has 0 amide bonds. The molecule has 5 nitrogen and oxygen atoms in total. The van der Waals surface area contributed by atoms with E-state index in [1.54, 1.807) is 0 Å². The van der Waals surface area contributed by atoms with Crippen molar-refractivity contribution in [3.05, 3.63) is 40.7 Å². The van der Waals surface area contributed by atoms with Crippen LogP contribution in [0.25, 0.3) is 10.9 Å². The summed E-state index contributed by atoms with van der Waals surface area (Å²) in [6.45, 7) is 1.90. The minimum atomic E-state index is 0.706. The molecule has 3 aromatic rings. The van der Waals surface area contributed by atoms with Gasteiger partial charge in [0, 0.05) is 48.9 Å². The van der Waals surface area contributed by atoms with Gasteiger partial charge in [0.2, 0.25) is 0 Å². The zero-order valence-corrected chi connectivity index (χ0v) is 14.7. The molecule has 0 unspecified atom stereocenters. The molecule has 0 saturated heterocycles. The van der Waals surface area contributed by atoms with Gasteiger partial charge in [0.25, 0.3) is 0 Å². The van der Waals surface area contributed by atoms with Crippen LogP contribution in [0.3, 0.4) is 0 Å². The van der Waals surface area contributed by atoms with Crippen LogP contribution in [0.5, 0.6) is 0 Å². The van der Waals surface area contributed by atoms with Gasteiger partial charge < -0.3 is 14.5 Å². The maximum atomic E-state index is 5.00. The Kier molecular flexibility index (Phi) is 2.71. The molecule has 25 heavy (non-hydrogen) atoms. The Hall–Kier alpha value is -2.30. The number of fused-ring (bicyclic) bond motifs is 4. The summed E-state index contributed by atoms with van der Waals surface area (Å²) in [6, 6.07) is 2.18. The molecule has 0 radical (unpaired) electrons. The molecule has 4 heterocycles. The molecule has 2 aliphatic carbocycles. The zero-order chi connectivity index (χ0) is 16.5. The fourth-order valence-electron chi connectivity index (χ4n) is 4.83. The van der Waals surface area contributed by atoms with Crippen LogP contribution >= 0.6 is 0 Å². The molecule has 0 aromatic carbocycles. The van der Waals surface area contributed by atoms with Crippen LogP contribution < -0.4 is 4.90 Å². The Bertz CT molecular complexity index is 991. The lowest BCUT2D eigenvalue weighted by Crippen LogP contribution is -2.31. The minimum Gasteiger partial charge on any atom is -0.355 e. The number of rotatable bonds is 2. The van der Waals surface area contributed by atoms with Crippen molar-refractivity contribution in [1.82, 2.24) is 19.5 Å². The Balaban J connectivity index is 1.41. The minimum absolute atomic E-state index is 0.706. The lowest BCUT2D eigenvalue weighted by atomic mass is 10.1. The second kappa shape index (κ2) is 4.87. The Morgan fingerprint density at radius 1 is 1.20 bits per heavy atom. The normalized spacial score (nSPS) is 19.5. The van der Waals surface area contributed by atoms with Gasteiger partial charge in [0.05, 0.1) is 17.8 Å². The number of hydrogen-bond acceptors (Lipinski definition) is 3. The van der Waals surface area contributed by atoms with E-state index in [0.717, 1.165) is 25.3 Å². The van der Waals surface area contributed by atoms with Gasteiger partial charge in [-0.05, 0) is 43.7 Å². The largest absolute Gasteiger partial charge is 0.355 e. The summed E-state index contributed by atoms with van der Waals surface area (Å²) in [5, 5.41) is 1.38. The maximum absolute atomic E-state index is 5.00. The first-order valence-electron chi connectivity index (χ1n) is 9.57. The van der Waals surface area contributed by atoms with Crippen LogP contribution in [-0.4, -0.2) is 26.1 Å². The van der Waals surface area contributed by atoms with E-state index in [2.05, 4.69) is 27.6 Å². The Morgan fingerprint density at radius 2 is 2.12 bits per heavy atom. The zero-order valence-electron chi connectivity index (χ0n) is 14.7. The van der Waals surface area contributed by atoms with E-state index < -0.39 is 0 Å². The molecule has 0 spiro atoms. The number of aryl methyl sites for hydroxylation is 2. The molecule has 0 bridgehead atoms. The number of nitrogens with one attached hydrogen (secondary N) is 1. The SMILES string of the molecule is Cn1c(C2CC2)nc2c1CCN(c1nccc3c4c([nH]c13)CCC4)C2. The molecule has 6 rings (SSSR count). The highest BCUT2D eigenvalue weighted by atomic mass is 15.2. The quantitative estimate of drug-likeness (QED) is 0.783. The molecule has 5 heteroatoms. The number of imidazole rings is 1. The van der Waals surface area contributed by atoms with E-state index in [4.69, 9.17) is 9.97 Å². The van der Waals surface area contributed by atoms with E-state index in [9.17, 15) is 0 Å². The molecular weight excluding hydrogens is 310 g/mol. The number of H-pyrrole nitrogens is 1. The third kappa shape index (κ3) is 1.95. The predicted octanol–water partition coefficient (Wildman–Crippen LogP) is 3.23. The molecule has 3 aromatic heterocycles. The molecule has 3 aliphatic rings. The summed E-state index contributed by atoms with van der Waals surface area (Å²) in [4.78, 5) is 15.9. The van der Waals surface area contributed by atoms with E-state index in [-0.39, 0.29) is 0 Å². The standard InChI is InChI=1S/C20H23N5/c1-24-17-8-10-25(11-16(17)23-19(24)12-5-6-12)20-18-14(7-9-21-20)13-3-2-4-15(13)22-18/h7,9,12,22H,2-6,8,10-11H2,1H3. The third-order valence-corrected chi connectivity index (χ3v) is 6.28. The second-order valence-corrected chi connectivity index (χ2v) is 7.86. The molecular formula is C20H23N5. The molecule has 1 saturated carbocycles. The Morgan fingerprint density at radius 3 is 3.00 bits per heavy atom. The van der Waals surface area contributed by atoms with Crippen LogP contribution in [0.4, 0.5) is 5.82 Å². The van der Waals surface area contributed by atoms with E-state index >= 15 is 0 Å². The lowest BCUT2D eigenvalue weighted by Gasteiger charge is -2.28. The molecule has 1 aliphatic heterocycles. The lowest BCUT2D eigenvalue weighted by molar-refractivity contribution is 0.672. The van der Waals surface area contributed by atoms with Crippen molar-refractivity contribution in [2.45, 2.75) is 51.0 Å². The van der Waals surface area contributed by atoms with Gasteiger partial charge in [-0.2, -0.15) is 0 Å². The average Bonchev–Trinajstić information content (AvgIpc) is 3.12. The van der Waals surface area contributed by atoms with Crippen molar-refractivity contribution in [3.63, 3.8) is 0 Å². The van der Waals surface area contributed by atoms with Crippen LogP contribution in [0.1, 0.15) is 53.7 Å². The van der Waals surface area contributed by atoms with Crippen LogP contribution in [-0.2, 0) is 32.9 Å². The molecule has 128 valence electrons. The summed E-state index contributed by atoms with van der Waals surface area (Å²) in [7, 11) is 2.20. The first-order valence-corrected chi connectivity index (χ1v) is 9.57. The third-order valence-electron chi connectivity index (χ3n) is 6.28. The highest BCUT2D eigenvalue weighted by molar-refractivity contribution is 5.93. The number of nitrogens with zero attached hydrogens (tertiary/aromatic N) is 4. The molecule has 1 N–H and O–H groups in total. The Labute approximate surface area is 147 Å². The highest BCUT2D eigenvalue weighted by Crippen LogP contribution is 2.41. The number of anilines is 1. The van der Waals surface area contributed by atoms with Crippen molar-refractivity contribution in [2.24, 2.45) is 7.05 Å². The summed E-state index contributed by atoms with van der Waals surface area (Å²) >= 11 is 0. The monoisotopic (exact) mass is 333 g/mol. The van der Waals surface area contributed by atoms with Crippen molar-refractivity contribution in [1.29, 1.82) is 0 Å². The van der Waals surface area contributed by atoms with Crippen LogP contribution in [0, 0.1) is 0 Å². The first kappa shape index (κ1) is 13.9. The van der Waals surface area contributed by atoms with Gasteiger partial charge in [-0.3, -0.25) is 0 Å². The molecule has 0 atom stereocenters. The number of hydrogen-bond donors (Lipinski definition) is 1. The topological polar surface area (TPSA) is 49.7 Å². The maximum Gasteiger partial charge on any atom is 0.153 e. The van der Waals surface area contributed by atoms with Crippen molar-refractivity contribution >= 4 is 16.7 Å². The summed E-state index contributed by atoms with van der Waals surface area (Å²) in [5.41, 5.74) is 6.86. The number of aromatic nitrogens is 4. The van der Waals surface area contributed by atoms with Gasteiger partial charge in [-0.15, -0.1) is 0 Å². The van der Waals surface area contributed by atoms with Crippen molar-refractivity contribution in [3.8, 4) is 0 Å². The van der Waals surface area contributed by atoms with E-state index in [1.165, 1.54) is 71.5 Å². The highest BCUT2D eigenvalue weighted by Gasteiger charge is 2.32. The fourth-order valence-corrected chi connectivity index (χ4v) is 4.83. The van der Waals surface area contributed by atoms with E-state index in [1.807, 2.05) is 6.20 Å². The van der Waals surface area contributed by atoms with Gasteiger partial charge >= 0.3 is 0 Å². The number of pyridine rings is 1. The predicted molar refractivity (Wildman–Crippen MR) is 98.1 cm³/mol. The van der Waals surface area contributed by atoms with Crippen LogP contribution in [0.2, 0.25) is 0 Å². The summed E-state index contributed by atoms with van der Waals surface area (Å²) in [6.07, 6.45) is 9.31. The number of aromatic amines is 1. The summed E-state index contributed by atoms with van der Waals surface area (Å²) in [5.74, 6) is 3.12. The van der Waals surface area contributed by atoms with Crippen molar-refractivity contribution < 1.29 is 0 Å². The average molecular weight is 333 g/mol. The van der Waals surface area contributed by atoms with Crippen molar-refractivity contribution in [2.75, 3.05) is 11.4 Å².